The molecule has 2 atom stereocenters. The van der Waals surface area contributed by atoms with Gasteiger partial charge < -0.3 is 19.1 Å². The number of hydrogen-bond acceptors (Lipinski definition) is 5. The van der Waals surface area contributed by atoms with Crippen molar-refractivity contribution >= 4 is 34.1 Å². The van der Waals surface area contributed by atoms with Gasteiger partial charge in [-0.1, -0.05) is 24.3 Å². The quantitative estimate of drug-likeness (QED) is 0.216. The lowest BCUT2D eigenvalue weighted by Gasteiger charge is -2.34. The Hall–Kier alpha value is -3.49. The second kappa shape index (κ2) is 12.2. The summed E-state index contributed by atoms with van der Waals surface area (Å²) in [6.07, 6.45) is 3.98. The third kappa shape index (κ3) is 6.70. The zero-order chi connectivity index (χ0) is 30.1. The molecule has 2 aliphatic heterocycles. The number of hydrogen-bond donors (Lipinski definition) is 0. The van der Waals surface area contributed by atoms with E-state index in [1.54, 1.807) is 23.5 Å². The van der Waals surface area contributed by atoms with Crippen LogP contribution in [0, 0.1) is 11.7 Å². The van der Waals surface area contributed by atoms with E-state index < -0.39 is 5.60 Å². The molecule has 0 aliphatic carbocycles. The number of benzene rings is 2. The van der Waals surface area contributed by atoms with E-state index in [9.17, 15) is 14.0 Å². The topological polar surface area (TPSA) is 54.8 Å². The van der Waals surface area contributed by atoms with Crippen molar-refractivity contribution in [1.82, 2.24) is 14.4 Å². The zero-order valence-electron chi connectivity index (χ0n) is 25.2. The SMILES string of the molecule is CC(C)(C)OC(=O)Cn1ccc2cccc(C(=O)N3CC(CN4CCC(c5ccc(F)cc5)CC4)C(c4ccsc4)C3)c21. The van der Waals surface area contributed by atoms with Crippen molar-refractivity contribution in [3.05, 3.63) is 94.1 Å². The van der Waals surface area contributed by atoms with Gasteiger partial charge >= 0.3 is 5.97 Å². The average Bonchev–Trinajstić information content (AvgIpc) is 3.73. The maximum atomic E-state index is 14.2. The highest BCUT2D eigenvalue weighted by Gasteiger charge is 2.38. The number of aromatic nitrogens is 1. The van der Waals surface area contributed by atoms with Gasteiger partial charge in [0.15, 0.2) is 0 Å². The minimum absolute atomic E-state index is 0.00693. The Kier molecular flexibility index (Phi) is 8.42. The molecule has 2 saturated heterocycles. The van der Waals surface area contributed by atoms with Crippen LogP contribution in [-0.2, 0) is 16.1 Å². The molecule has 0 saturated carbocycles. The molecule has 8 heteroatoms. The van der Waals surface area contributed by atoms with E-state index in [1.807, 2.05) is 72.8 Å². The van der Waals surface area contributed by atoms with Crippen molar-refractivity contribution in [2.24, 2.45) is 5.92 Å². The number of esters is 1. The van der Waals surface area contributed by atoms with Gasteiger partial charge in [-0.2, -0.15) is 11.3 Å². The Morgan fingerprint density at radius 2 is 1.74 bits per heavy atom. The van der Waals surface area contributed by atoms with Gasteiger partial charge in [-0.25, -0.2) is 4.39 Å². The summed E-state index contributed by atoms with van der Waals surface area (Å²) >= 11 is 1.70. The number of nitrogens with zero attached hydrogens (tertiary/aromatic N) is 3. The van der Waals surface area contributed by atoms with Gasteiger partial charge in [0, 0.05) is 37.1 Å². The molecule has 6 rings (SSSR count). The molecule has 4 aromatic rings. The molecule has 4 heterocycles. The highest BCUT2D eigenvalue weighted by atomic mass is 32.1. The summed E-state index contributed by atoms with van der Waals surface area (Å²) in [6.45, 7) is 9.94. The highest BCUT2D eigenvalue weighted by molar-refractivity contribution is 7.08. The van der Waals surface area contributed by atoms with Crippen LogP contribution in [0.25, 0.3) is 10.9 Å². The van der Waals surface area contributed by atoms with Gasteiger partial charge in [0.05, 0.1) is 11.1 Å². The summed E-state index contributed by atoms with van der Waals surface area (Å²) in [4.78, 5) is 31.4. The molecule has 1 amide bonds. The van der Waals surface area contributed by atoms with Gasteiger partial charge in [-0.3, -0.25) is 9.59 Å². The molecule has 0 radical (unpaired) electrons. The van der Waals surface area contributed by atoms with E-state index in [2.05, 4.69) is 21.7 Å². The summed E-state index contributed by atoms with van der Waals surface area (Å²) in [7, 11) is 0. The minimum atomic E-state index is -0.573. The lowest BCUT2D eigenvalue weighted by atomic mass is 9.87. The van der Waals surface area contributed by atoms with Crippen molar-refractivity contribution in [2.75, 3.05) is 32.7 Å². The molecular formula is C35H40FN3O3S. The molecule has 6 nitrogen and oxygen atoms in total. The molecule has 43 heavy (non-hydrogen) atoms. The Balaban J connectivity index is 1.18. The summed E-state index contributed by atoms with van der Waals surface area (Å²) < 4.78 is 20.8. The molecule has 0 bridgehead atoms. The lowest BCUT2D eigenvalue weighted by molar-refractivity contribution is -0.155. The number of ether oxygens (including phenoxy) is 1. The van der Waals surface area contributed by atoms with Crippen LogP contribution in [0.4, 0.5) is 4.39 Å². The van der Waals surface area contributed by atoms with E-state index in [0.717, 1.165) is 43.4 Å². The number of amides is 1. The first-order chi connectivity index (χ1) is 20.6. The highest BCUT2D eigenvalue weighted by Crippen LogP contribution is 2.37. The number of rotatable bonds is 7. The van der Waals surface area contributed by atoms with Gasteiger partial charge in [0.25, 0.3) is 5.91 Å². The second-order valence-corrected chi connectivity index (χ2v) is 13.8. The predicted octanol–water partition coefficient (Wildman–Crippen LogP) is 6.92. The first kappa shape index (κ1) is 29.6. The van der Waals surface area contributed by atoms with Crippen molar-refractivity contribution in [1.29, 1.82) is 0 Å². The third-order valence-corrected chi connectivity index (χ3v) is 9.56. The molecule has 2 aliphatic rings. The number of carbonyl (C=O) groups excluding carboxylic acids is 2. The Bertz CT molecular complexity index is 1570. The minimum Gasteiger partial charge on any atom is -0.459 e. The number of fused-ring (bicyclic) bond motifs is 1. The van der Waals surface area contributed by atoms with Gasteiger partial charge in [0.2, 0.25) is 0 Å². The number of halogens is 1. The largest absolute Gasteiger partial charge is 0.459 e. The van der Waals surface area contributed by atoms with Gasteiger partial charge in [-0.15, -0.1) is 0 Å². The zero-order valence-corrected chi connectivity index (χ0v) is 26.0. The van der Waals surface area contributed by atoms with Crippen LogP contribution in [-0.4, -0.2) is 64.6 Å². The predicted molar refractivity (Wildman–Crippen MR) is 169 cm³/mol. The molecule has 0 spiro atoms. The number of para-hydroxylation sites is 1. The van der Waals surface area contributed by atoms with E-state index in [1.165, 1.54) is 11.1 Å². The first-order valence-corrected chi connectivity index (χ1v) is 16.2. The van der Waals surface area contributed by atoms with Gasteiger partial charge in [-0.05, 0) is 111 Å². The van der Waals surface area contributed by atoms with E-state index in [-0.39, 0.29) is 30.2 Å². The Labute approximate surface area is 257 Å². The fourth-order valence-corrected chi connectivity index (χ4v) is 7.57. The number of piperidine rings is 1. The smallest absolute Gasteiger partial charge is 0.326 e. The maximum absolute atomic E-state index is 14.2. The van der Waals surface area contributed by atoms with E-state index >= 15 is 0 Å². The summed E-state index contributed by atoms with van der Waals surface area (Å²) in [5.41, 5.74) is 3.35. The fraction of sp³-hybridized carbons (Fsp3) is 0.429. The Morgan fingerprint density at radius 3 is 2.44 bits per heavy atom. The third-order valence-electron chi connectivity index (χ3n) is 8.86. The molecule has 2 fully saturated rings. The molecule has 2 aromatic heterocycles. The molecule has 0 N–H and O–H groups in total. The number of thiophene rings is 1. The molecule has 2 unspecified atom stereocenters. The second-order valence-electron chi connectivity index (χ2n) is 13.0. The van der Waals surface area contributed by atoms with E-state index in [4.69, 9.17) is 4.74 Å². The van der Waals surface area contributed by atoms with Crippen LogP contribution in [0.5, 0.6) is 0 Å². The van der Waals surface area contributed by atoms with Crippen molar-refractivity contribution in [3.63, 3.8) is 0 Å². The normalized spacial score (nSPS) is 20.1. The summed E-state index contributed by atoms with van der Waals surface area (Å²) in [5, 5.41) is 5.28. The van der Waals surface area contributed by atoms with Crippen LogP contribution in [0.2, 0.25) is 0 Å². The molecule has 226 valence electrons. The summed E-state index contributed by atoms with van der Waals surface area (Å²) in [5.74, 6) is 0.560. The fourth-order valence-electron chi connectivity index (χ4n) is 6.85. The Morgan fingerprint density at radius 1 is 0.977 bits per heavy atom. The lowest BCUT2D eigenvalue weighted by Crippen LogP contribution is -2.38. The number of carbonyl (C=O) groups is 2. The molecule has 2 aromatic carbocycles. The van der Waals surface area contributed by atoms with Crippen molar-refractivity contribution < 1.29 is 18.7 Å². The number of likely N-dealkylation sites (tertiary alicyclic amines) is 2. The monoisotopic (exact) mass is 601 g/mol. The maximum Gasteiger partial charge on any atom is 0.326 e. The van der Waals surface area contributed by atoms with Crippen molar-refractivity contribution in [2.45, 2.75) is 57.6 Å². The van der Waals surface area contributed by atoms with Crippen LogP contribution >= 0.6 is 11.3 Å². The standard InChI is InChI=1S/C35H40FN3O3S/c1-35(2,3)42-32(40)22-38-17-13-26-5-4-6-30(33(26)38)34(41)39-20-28(31(21-39)27-14-18-43-23-27)19-37-15-11-25(12-16-37)24-7-9-29(36)10-8-24/h4-10,13-14,17-18,23,25,28,31H,11-12,15-16,19-22H2,1-3H3. The van der Waals surface area contributed by atoms with Crippen LogP contribution < -0.4 is 0 Å². The van der Waals surface area contributed by atoms with Crippen LogP contribution in [0.3, 0.4) is 0 Å². The summed E-state index contributed by atoms with van der Waals surface area (Å²) in [6, 6.07) is 16.9. The first-order valence-electron chi connectivity index (χ1n) is 15.2. The van der Waals surface area contributed by atoms with Gasteiger partial charge in [0.1, 0.15) is 18.0 Å². The van der Waals surface area contributed by atoms with Crippen molar-refractivity contribution in [3.8, 4) is 0 Å². The van der Waals surface area contributed by atoms with Crippen LogP contribution in [0.15, 0.2) is 71.6 Å². The van der Waals surface area contributed by atoms with E-state index in [0.29, 0.717) is 30.5 Å². The average molecular weight is 602 g/mol. The van der Waals surface area contributed by atoms with Crippen LogP contribution in [0.1, 0.15) is 66.9 Å². The molecular weight excluding hydrogens is 561 g/mol.